The lowest BCUT2D eigenvalue weighted by Gasteiger charge is -2.17. The van der Waals surface area contributed by atoms with Gasteiger partial charge in [-0.3, -0.25) is 9.59 Å². The van der Waals surface area contributed by atoms with Gasteiger partial charge in [0.2, 0.25) is 11.8 Å². The van der Waals surface area contributed by atoms with Crippen LogP contribution >= 0.6 is 0 Å². The van der Waals surface area contributed by atoms with Gasteiger partial charge in [-0.1, -0.05) is 42.0 Å². The molecular weight excluding hydrogens is 354 g/mol. The molecule has 4 rings (SSSR count). The molecule has 0 aliphatic carbocycles. The van der Waals surface area contributed by atoms with Gasteiger partial charge >= 0.3 is 0 Å². The molecule has 0 radical (unpaired) electrons. The third-order valence-corrected chi connectivity index (χ3v) is 4.91. The third-order valence-electron chi connectivity index (χ3n) is 4.91. The molecule has 1 N–H and O–H groups in total. The SMILES string of the molecule is Cc1ccc(CN2CC(C(=O)Nc3ccccc3-n3cncn3)CC2=O)cc1. The molecule has 7 nitrogen and oxygen atoms in total. The molecule has 2 heterocycles. The van der Waals surface area contributed by atoms with Crippen molar-refractivity contribution in [1.29, 1.82) is 0 Å². The molecule has 0 bridgehead atoms. The van der Waals surface area contributed by atoms with Gasteiger partial charge in [-0.2, -0.15) is 5.10 Å². The maximum Gasteiger partial charge on any atom is 0.229 e. The van der Waals surface area contributed by atoms with Crippen LogP contribution in [0.1, 0.15) is 17.5 Å². The van der Waals surface area contributed by atoms with E-state index in [9.17, 15) is 9.59 Å². The second kappa shape index (κ2) is 7.64. The molecule has 1 atom stereocenters. The van der Waals surface area contributed by atoms with E-state index in [1.54, 1.807) is 15.9 Å². The van der Waals surface area contributed by atoms with Crippen LogP contribution < -0.4 is 5.32 Å². The zero-order valence-electron chi connectivity index (χ0n) is 15.6. The average molecular weight is 375 g/mol. The summed E-state index contributed by atoms with van der Waals surface area (Å²) in [7, 11) is 0. The normalized spacial score (nSPS) is 16.4. The van der Waals surface area contributed by atoms with Crippen molar-refractivity contribution < 1.29 is 9.59 Å². The summed E-state index contributed by atoms with van der Waals surface area (Å²) >= 11 is 0. The number of nitrogens with one attached hydrogen (secondary N) is 1. The van der Waals surface area contributed by atoms with E-state index in [2.05, 4.69) is 15.4 Å². The molecule has 2 aromatic carbocycles. The first-order chi connectivity index (χ1) is 13.6. The fourth-order valence-electron chi connectivity index (χ4n) is 3.36. The number of para-hydroxylation sites is 2. The number of nitrogens with zero attached hydrogens (tertiary/aromatic N) is 4. The summed E-state index contributed by atoms with van der Waals surface area (Å²) in [6.45, 7) is 2.98. The Labute approximate surface area is 163 Å². The highest BCUT2D eigenvalue weighted by atomic mass is 16.2. The maximum absolute atomic E-state index is 12.8. The van der Waals surface area contributed by atoms with Gasteiger partial charge in [-0.05, 0) is 24.6 Å². The van der Waals surface area contributed by atoms with Gasteiger partial charge in [-0.15, -0.1) is 0 Å². The van der Waals surface area contributed by atoms with Gasteiger partial charge in [0.05, 0.1) is 17.3 Å². The van der Waals surface area contributed by atoms with Gasteiger partial charge in [-0.25, -0.2) is 9.67 Å². The maximum atomic E-state index is 12.8. The standard InChI is InChI=1S/C21H21N5O2/c1-15-6-8-16(9-7-15)11-25-12-17(10-20(25)27)21(28)24-18-4-2-3-5-19(18)26-14-22-13-23-26/h2-9,13-14,17H,10-12H2,1H3,(H,24,28). The molecule has 0 spiro atoms. The van der Waals surface area contributed by atoms with E-state index in [0.29, 0.717) is 18.8 Å². The number of anilines is 1. The second-order valence-corrected chi connectivity index (χ2v) is 7.01. The van der Waals surface area contributed by atoms with Crippen molar-refractivity contribution in [3.05, 3.63) is 72.3 Å². The molecular formula is C21H21N5O2. The van der Waals surface area contributed by atoms with Crippen LogP contribution in [0.3, 0.4) is 0 Å². The summed E-state index contributed by atoms with van der Waals surface area (Å²) in [5.41, 5.74) is 3.62. The van der Waals surface area contributed by atoms with E-state index in [1.807, 2.05) is 55.5 Å². The van der Waals surface area contributed by atoms with Crippen LogP contribution in [0.5, 0.6) is 0 Å². The van der Waals surface area contributed by atoms with Crippen molar-refractivity contribution in [2.45, 2.75) is 19.9 Å². The number of hydrogen-bond donors (Lipinski definition) is 1. The minimum Gasteiger partial charge on any atom is -0.338 e. The molecule has 2 amide bonds. The first-order valence-corrected chi connectivity index (χ1v) is 9.18. The third kappa shape index (κ3) is 3.78. The quantitative estimate of drug-likeness (QED) is 0.743. The highest BCUT2D eigenvalue weighted by Crippen LogP contribution is 2.24. The summed E-state index contributed by atoms with van der Waals surface area (Å²) in [5, 5.41) is 7.07. The number of benzene rings is 2. The number of carbonyl (C=O) groups is 2. The van der Waals surface area contributed by atoms with E-state index >= 15 is 0 Å². The number of carbonyl (C=O) groups excluding carboxylic acids is 2. The largest absolute Gasteiger partial charge is 0.338 e. The Kier molecular flexibility index (Phi) is 4.89. The lowest BCUT2D eigenvalue weighted by molar-refractivity contribution is -0.128. The summed E-state index contributed by atoms with van der Waals surface area (Å²) in [6, 6.07) is 15.5. The average Bonchev–Trinajstić information content (AvgIpc) is 3.35. The zero-order chi connectivity index (χ0) is 19.5. The number of hydrogen-bond acceptors (Lipinski definition) is 4. The molecule has 1 saturated heterocycles. The van der Waals surface area contributed by atoms with E-state index in [0.717, 1.165) is 11.3 Å². The van der Waals surface area contributed by atoms with Crippen LogP contribution in [0, 0.1) is 12.8 Å². The number of aryl methyl sites for hydroxylation is 1. The fraction of sp³-hybridized carbons (Fsp3) is 0.238. The van der Waals surface area contributed by atoms with Crippen molar-refractivity contribution in [3.63, 3.8) is 0 Å². The summed E-state index contributed by atoms with van der Waals surface area (Å²) in [5.74, 6) is -0.528. The first kappa shape index (κ1) is 17.9. The molecule has 28 heavy (non-hydrogen) atoms. The number of likely N-dealkylation sites (tertiary alicyclic amines) is 1. The molecule has 1 aliphatic heterocycles. The molecule has 142 valence electrons. The lowest BCUT2D eigenvalue weighted by atomic mass is 10.1. The molecule has 1 aromatic heterocycles. The van der Waals surface area contributed by atoms with E-state index in [1.165, 1.54) is 11.9 Å². The Bertz CT molecular complexity index is 982. The van der Waals surface area contributed by atoms with Crippen molar-refractivity contribution in [2.75, 3.05) is 11.9 Å². The highest BCUT2D eigenvalue weighted by Gasteiger charge is 2.34. The minimum absolute atomic E-state index is 0.00489. The predicted octanol–water partition coefficient (Wildman–Crippen LogP) is 2.56. The Morgan fingerprint density at radius 1 is 1.18 bits per heavy atom. The number of amides is 2. The van der Waals surface area contributed by atoms with Gasteiger partial charge < -0.3 is 10.2 Å². The van der Waals surface area contributed by atoms with E-state index in [4.69, 9.17) is 0 Å². The van der Waals surface area contributed by atoms with Crippen LogP contribution in [0.25, 0.3) is 5.69 Å². The second-order valence-electron chi connectivity index (χ2n) is 7.01. The van der Waals surface area contributed by atoms with Crippen molar-refractivity contribution >= 4 is 17.5 Å². The van der Waals surface area contributed by atoms with Gasteiger partial charge in [0.15, 0.2) is 0 Å². The van der Waals surface area contributed by atoms with Gasteiger partial charge in [0, 0.05) is 19.5 Å². The van der Waals surface area contributed by atoms with Crippen LogP contribution in [0.4, 0.5) is 5.69 Å². The van der Waals surface area contributed by atoms with Gasteiger partial charge in [0.1, 0.15) is 12.7 Å². The van der Waals surface area contributed by atoms with Gasteiger partial charge in [0.25, 0.3) is 0 Å². The van der Waals surface area contributed by atoms with Crippen LogP contribution in [0.15, 0.2) is 61.2 Å². The monoisotopic (exact) mass is 375 g/mol. The summed E-state index contributed by atoms with van der Waals surface area (Å²) in [4.78, 5) is 30.9. The molecule has 1 fully saturated rings. The Balaban J connectivity index is 1.44. The van der Waals surface area contributed by atoms with Crippen LogP contribution in [0.2, 0.25) is 0 Å². The Hall–Kier alpha value is -3.48. The van der Waals surface area contributed by atoms with Crippen molar-refractivity contribution in [3.8, 4) is 5.69 Å². The van der Waals surface area contributed by atoms with E-state index in [-0.39, 0.29) is 24.2 Å². The van der Waals surface area contributed by atoms with Crippen molar-refractivity contribution in [1.82, 2.24) is 19.7 Å². The molecule has 3 aromatic rings. The molecule has 1 aliphatic rings. The Morgan fingerprint density at radius 3 is 2.71 bits per heavy atom. The molecule has 0 saturated carbocycles. The number of aromatic nitrogens is 3. The van der Waals surface area contributed by atoms with Crippen molar-refractivity contribution in [2.24, 2.45) is 5.92 Å². The molecule has 1 unspecified atom stereocenters. The molecule has 7 heteroatoms. The first-order valence-electron chi connectivity index (χ1n) is 9.18. The van der Waals surface area contributed by atoms with Crippen LogP contribution in [-0.4, -0.2) is 38.0 Å². The van der Waals surface area contributed by atoms with Crippen LogP contribution in [-0.2, 0) is 16.1 Å². The zero-order valence-corrected chi connectivity index (χ0v) is 15.6. The highest BCUT2D eigenvalue weighted by molar-refractivity contribution is 5.98. The fourth-order valence-corrected chi connectivity index (χ4v) is 3.36. The minimum atomic E-state index is -0.373. The summed E-state index contributed by atoms with van der Waals surface area (Å²) in [6.07, 6.45) is 3.24. The Morgan fingerprint density at radius 2 is 1.96 bits per heavy atom. The smallest absolute Gasteiger partial charge is 0.229 e. The summed E-state index contributed by atoms with van der Waals surface area (Å²) < 4.78 is 1.60. The number of rotatable bonds is 5. The topological polar surface area (TPSA) is 80.1 Å². The lowest BCUT2D eigenvalue weighted by Crippen LogP contribution is -2.28. The van der Waals surface area contributed by atoms with E-state index < -0.39 is 0 Å². The predicted molar refractivity (Wildman–Crippen MR) is 105 cm³/mol.